The lowest BCUT2D eigenvalue weighted by Crippen LogP contribution is -2.19. The first-order valence-corrected chi connectivity index (χ1v) is 6.73. The summed E-state index contributed by atoms with van der Waals surface area (Å²) >= 11 is 1.67. The van der Waals surface area contributed by atoms with Gasteiger partial charge in [-0.1, -0.05) is 32.1 Å². The molecule has 0 aliphatic carbocycles. The molecule has 0 saturated carbocycles. The van der Waals surface area contributed by atoms with E-state index in [2.05, 4.69) is 30.7 Å². The smallest absolute Gasteiger partial charge is 0.143 e. The number of hydrogen-bond acceptors (Lipinski definition) is 4. The minimum atomic E-state index is 0.273. The largest absolute Gasteiger partial charge is 0.330 e. The van der Waals surface area contributed by atoms with E-state index in [0.29, 0.717) is 12.5 Å². The van der Waals surface area contributed by atoms with Crippen LogP contribution in [0.1, 0.15) is 38.1 Å². The summed E-state index contributed by atoms with van der Waals surface area (Å²) in [5.41, 5.74) is 7.14. The molecule has 0 bridgehead atoms. The molecule has 0 saturated heterocycles. The molecule has 3 nitrogen and oxygen atoms in total. The Morgan fingerprint density at radius 1 is 1.41 bits per heavy atom. The van der Waals surface area contributed by atoms with Crippen LogP contribution in [0.15, 0.2) is 18.3 Å². The minimum Gasteiger partial charge on any atom is -0.330 e. The molecule has 0 fully saturated rings. The molecule has 0 radical (unpaired) electrons. The van der Waals surface area contributed by atoms with Gasteiger partial charge in [0.2, 0.25) is 0 Å². The molecule has 0 aliphatic heterocycles. The average molecular weight is 249 g/mol. The zero-order valence-corrected chi connectivity index (χ0v) is 11.4. The third kappa shape index (κ3) is 3.01. The van der Waals surface area contributed by atoms with E-state index in [1.165, 1.54) is 0 Å². The van der Waals surface area contributed by atoms with Gasteiger partial charge in [0.1, 0.15) is 10.3 Å². The van der Waals surface area contributed by atoms with Gasteiger partial charge in [0.05, 0.1) is 5.01 Å². The van der Waals surface area contributed by atoms with Crippen molar-refractivity contribution in [1.29, 1.82) is 0 Å². The second-order valence-electron chi connectivity index (χ2n) is 5.58. The van der Waals surface area contributed by atoms with Crippen molar-refractivity contribution in [3.8, 4) is 0 Å². The summed E-state index contributed by atoms with van der Waals surface area (Å²) in [4.78, 5) is 9.98. The van der Waals surface area contributed by atoms with Gasteiger partial charge in [-0.2, -0.15) is 0 Å². The van der Waals surface area contributed by atoms with Crippen molar-refractivity contribution in [3.63, 3.8) is 0 Å². The average Bonchev–Trinajstić information content (AvgIpc) is 2.67. The number of thiazole rings is 1. The van der Waals surface area contributed by atoms with Crippen molar-refractivity contribution in [2.45, 2.75) is 33.1 Å². The van der Waals surface area contributed by atoms with Gasteiger partial charge < -0.3 is 5.73 Å². The van der Waals surface area contributed by atoms with Gasteiger partial charge in [-0.25, -0.2) is 9.97 Å². The van der Waals surface area contributed by atoms with Crippen LogP contribution in [-0.2, 0) is 0 Å². The molecule has 2 aromatic rings. The molecule has 0 aliphatic rings. The summed E-state index contributed by atoms with van der Waals surface area (Å²) in [6.45, 7) is 7.36. The van der Waals surface area contributed by atoms with Crippen molar-refractivity contribution in [1.82, 2.24) is 9.97 Å². The molecule has 2 heterocycles. The molecule has 1 unspecified atom stereocenters. The summed E-state index contributed by atoms with van der Waals surface area (Å²) in [6, 6.07) is 3.93. The lowest BCUT2D eigenvalue weighted by Gasteiger charge is -2.23. The van der Waals surface area contributed by atoms with Crippen molar-refractivity contribution in [3.05, 3.63) is 23.3 Å². The van der Waals surface area contributed by atoms with Crippen molar-refractivity contribution < 1.29 is 0 Å². The highest BCUT2D eigenvalue weighted by Gasteiger charge is 2.22. The number of hydrogen-bond donors (Lipinski definition) is 1. The Labute approximate surface area is 106 Å². The van der Waals surface area contributed by atoms with Crippen LogP contribution in [0.2, 0.25) is 0 Å². The highest BCUT2D eigenvalue weighted by Crippen LogP contribution is 2.33. The predicted octanol–water partition coefficient (Wildman–Crippen LogP) is 3.17. The fourth-order valence-electron chi connectivity index (χ4n) is 1.97. The lowest BCUT2D eigenvalue weighted by molar-refractivity contribution is 0.341. The van der Waals surface area contributed by atoms with Crippen LogP contribution in [-0.4, -0.2) is 16.5 Å². The Bertz CT molecular complexity index is 466. The number of nitrogens with zero attached hydrogens (tertiary/aromatic N) is 2. The molecule has 4 heteroatoms. The molecular weight excluding hydrogens is 230 g/mol. The summed E-state index contributed by atoms with van der Waals surface area (Å²) < 4.78 is 0. The number of pyridine rings is 1. The Kier molecular flexibility index (Phi) is 3.45. The van der Waals surface area contributed by atoms with E-state index in [-0.39, 0.29) is 5.41 Å². The highest BCUT2D eigenvalue weighted by molar-refractivity contribution is 7.18. The van der Waals surface area contributed by atoms with E-state index in [9.17, 15) is 0 Å². The first kappa shape index (κ1) is 12.5. The molecular formula is C13H19N3S. The Morgan fingerprint density at radius 2 is 2.18 bits per heavy atom. The van der Waals surface area contributed by atoms with E-state index in [0.717, 1.165) is 21.8 Å². The number of rotatable bonds is 3. The summed E-state index contributed by atoms with van der Waals surface area (Å²) in [7, 11) is 0. The highest BCUT2D eigenvalue weighted by atomic mass is 32.1. The Hall–Kier alpha value is -1.00. The first-order valence-electron chi connectivity index (χ1n) is 5.91. The second kappa shape index (κ2) is 4.70. The van der Waals surface area contributed by atoms with Crippen LogP contribution in [0.3, 0.4) is 0 Å². The molecule has 2 N–H and O–H groups in total. The van der Waals surface area contributed by atoms with E-state index < -0.39 is 0 Å². The van der Waals surface area contributed by atoms with Crippen molar-refractivity contribution >= 4 is 21.7 Å². The van der Waals surface area contributed by atoms with Gasteiger partial charge in [-0.3, -0.25) is 0 Å². The molecule has 2 rings (SSSR count). The van der Waals surface area contributed by atoms with E-state index in [1.54, 1.807) is 11.3 Å². The molecule has 1 atom stereocenters. The standard InChI is InChI=1S/C13H19N3S/c1-13(2,3)7-9(8-14)11-16-10-5-4-6-15-12(10)17-11/h4-6,9H,7-8,14H2,1-3H3. The third-order valence-corrected chi connectivity index (χ3v) is 3.82. The normalized spacial score (nSPS) is 14.1. The maximum absolute atomic E-state index is 5.88. The van der Waals surface area contributed by atoms with Crippen LogP contribution >= 0.6 is 11.3 Å². The van der Waals surface area contributed by atoms with Crippen molar-refractivity contribution in [2.75, 3.05) is 6.54 Å². The van der Waals surface area contributed by atoms with Crippen LogP contribution in [0.5, 0.6) is 0 Å². The first-order chi connectivity index (χ1) is 7.99. The van der Waals surface area contributed by atoms with Gasteiger partial charge in [0, 0.05) is 18.7 Å². The lowest BCUT2D eigenvalue weighted by atomic mass is 9.85. The molecule has 0 amide bonds. The number of fused-ring (bicyclic) bond motifs is 1. The molecule has 92 valence electrons. The number of aromatic nitrogens is 2. The Balaban J connectivity index is 2.30. The van der Waals surface area contributed by atoms with Crippen molar-refractivity contribution in [2.24, 2.45) is 11.1 Å². The quantitative estimate of drug-likeness (QED) is 0.909. The fraction of sp³-hybridized carbons (Fsp3) is 0.538. The predicted molar refractivity (Wildman–Crippen MR) is 73.3 cm³/mol. The van der Waals surface area contributed by atoms with Crippen LogP contribution < -0.4 is 5.73 Å². The van der Waals surface area contributed by atoms with E-state index >= 15 is 0 Å². The summed E-state index contributed by atoms with van der Waals surface area (Å²) in [6.07, 6.45) is 2.87. The molecule has 2 aromatic heterocycles. The van der Waals surface area contributed by atoms with E-state index in [1.807, 2.05) is 18.3 Å². The van der Waals surface area contributed by atoms with Gasteiger partial charge in [0.25, 0.3) is 0 Å². The molecule has 0 spiro atoms. The maximum Gasteiger partial charge on any atom is 0.143 e. The molecule has 17 heavy (non-hydrogen) atoms. The second-order valence-corrected chi connectivity index (χ2v) is 6.59. The van der Waals surface area contributed by atoms with Gasteiger partial charge >= 0.3 is 0 Å². The monoisotopic (exact) mass is 249 g/mol. The zero-order chi connectivity index (χ0) is 12.5. The topological polar surface area (TPSA) is 51.8 Å². The summed E-state index contributed by atoms with van der Waals surface area (Å²) in [5.74, 6) is 0.342. The zero-order valence-electron chi connectivity index (χ0n) is 10.6. The number of nitrogens with two attached hydrogens (primary N) is 1. The SMILES string of the molecule is CC(C)(C)CC(CN)c1nc2cccnc2s1. The van der Waals surface area contributed by atoms with Crippen LogP contribution in [0.25, 0.3) is 10.3 Å². The van der Waals surface area contributed by atoms with E-state index in [4.69, 9.17) is 5.73 Å². The molecule has 0 aromatic carbocycles. The van der Waals surface area contributed by atoms with Gasteiger partial charge in [-0.05, 0) is 24.0 Å². The minimum absolute atomic E-state index is 0.273. The Morgan fingerprint density at radius 3 is 2.76 bits per heavy atom. The maximum atomic E-state index is 5.88. The van der Waals surface area contributed by atoms with Gasteiger partial charge in [0.15, 0.2) is 0 Å². The summed E-state index contributed by atoms with van der Waals surface area (Å²) in [5, 5.41) is 1.12. The van der Waals surface area contributed by atoms with Crippen LogP contribution in [0, 0.1) is 5.41 Å². The van der Waals surface area contributed by atoms with Crippen LogP contribution in [0.4, 0.5) is 0 Å². The fourth-order valence-corrected chi connectivity index (χ4v) is 2.99. The van der Waals surface area contributed by atoms with Gasteiger partial charge in [-0.15, -0.1) is 0 Å². The third-order valence-electron chi connectivity index (χ3n) is 2.68.